The molecule has 3 nitrogen and oxygen atoms in total. The molecule has 0 aromatic heterocycles. The van der Waals surface area contributed by atoms with Gasteiger partial charge in [-0.2, -0.15) is 0 Å². The lowest BCUT2D eigenvalue weighted by Crippen LogP contribution is -2.37. The van der Waals surface area contributed by atoms with E-state index in [1.165, 1.54) is 11.1 Å². The smallest absolute Gasteiger partial charge is 0.0546 e. The Morgan fingerprint density at radius 1 is 1.37 bits per heavy atom. The van der Waals surface area contributed by atoms with Crippen molar-refractivity contribution in [3.8, 4) is 0 Å². The number of hydrogen-bond acceptors (Lipinski definition) is 3. The third-order valence-electron chi connectivity index (χ3n) is 3.90. The zero-order valence-corrected chi connectivity index (χ0v) is 12.5. The van der Waals surface area contributed by atoms with Gasteiger partial charge >= 0.3 is 0 Å². The standard InChI is InChI=1S/C15H23NO2S/c1-11-10-14(19(17)9-5-8-18-2)15(16)13-7-4-3-6-12(11)13/h3-4,6-7,11,14-15H,5,8-10,16H2,1-2H3. The van der Waals surface area contributed by atoms with Crippen molar-refractivity contribution in [2.24, 2.45) is 5.73 Å². The molecule has 0 aliphatic heterocycles. The largest absolute Gasteiger partial charge is 0.385 e. The number of fused-ring (bicyclic) bond motifs is 1. The van der Waals surface area contributed by atoms with Crippen LogP contribution >= 0.6 is 0 Å². The van der Waals surface area contributed by atoms with E-state index in [1.807, 2.05) is 6.07 Å². The van der Waals surface area contributed by atoms with Crippen molar-refractivity contribution in [1.29, 1.82) is 0 Å². The van der Waals surface area contributed by atoms with Gasteiger partial charge in [0, 0.05) is 36.3 Å². The number of hydrogen-bond donors (Lipinski definition) is 1. The van der Waals surface area contributed by atoms with E-state index in [-0.39, 0.29) is 11.3 Å². The number of ether oxygens (including phenoxy) is 1. The van der Waals surface area contributed by atoms with Crippen molar-refractivity contribution in [2.45, 2.75) is 37.0 Å². The Balaban J connectivity index is 2.11. The van der Waals surface area contributed by atoms with E-state index in [0.717, 1.165) is 12.8 Å². The number of benzene rings is 1. The Labute approximate surface area is 118 Å². The Hall–Kier alpha value is -0.710. The van der Waals surface area contributed by atoms with Gasteiger partial charge in [-0.05, 0) is 29.9 Å². The quantitative estimate of drug-likeness (QED) is 0.843. The monoisotopic (exact) mass is 281 g/mol. The number of methoxy groups -OCH3 is 1. The molecule has 0 spiro atoms. The fraction of sp³-hybridized carbons (Fsp3) is 0.600. The summed E-state index contributed by atoms with van der Waals surface area (Å²) in [5.41, 5.74) is 8.83. The van der Waals surface area contributed by atoms with Gasteiger partial charge in [0.25, 0.3) is 0 Å². The van der Waals surface area contributed by atoms with Crippen molar-refractivity contribution in [1.82, 2.24) is 0 Å². The minimum Gasteiger partial charge on any atom is -0.385 e. The van der Waals surface area contributed by atoms with E-state index in [4.69, 9.17) is 10.5 Å². The maximum Gasteiger partial charge on any atom is 0.0546 e. The van der Waals surface area contributed by atoms with Crippen LogP contribution in [0.1, 0.15) is 42.9 Å². The van der Waals surface area contributed by atoms with E-state index in [9.17, 15) is 4.21 Å². The SMILES string of the molecule is COCCCS(=O)C1CC(C)c2ccccc2C1N. The molecule has 4 unspecified atom stereocenters. The van der Waals surface area contributed by atoms with Crippen molar-refractivity contribution in [2.75, 3.05) is 19.5 Å². The average Bonchev–Trinajstić information content (AvgIpc) is 2.43. The maximum absolute atomic E-state index is 12.4. The van der Waals surface area contributed by atoms with Crippen LogP contribution in [0.15, 0.2) is 24.3 Å². The predicted molar refractivity (Wildman–Crippen MR) is 79.7 cm³/mol. The summed E-state index contributed by atoms with van der Waals surface area (Å²) in [6.45, 7) is 2.86. The van der Waals surface area contributed by atoms with Crippen molar-refractivity contribution < 1.29 is 8.95 Å². The third kappa shape index (κ3) is 3.25. The van der Waals surface area contributed by atoms with Gasteiger partial charge in [0.15, 0.2) is 0 Å². The molecule has 106 valence electrons. The lowest BCUT2D eigenvalue weighted by molar-refractivity contribution is 0.200. The van der Waals surface area contributed by atoms with E-state index in [2.05, 4.69) is 25.1 Å². The number of nitrogens with two attached hydrogens (primary N) is 1. The first-order chi connectivity index (χ1) is 9.15. The molecule has 1 aromatic rings. The summed E-state index contributed by atoms with van der Waals surface area (Å²) >= 11 is 0. The molecule has 0 saturated carbocycles. The maximum atomic E-state index is 12.4. The van der Waals surface area contributed by atoms with Gasteiger partial charge in [-0.1, -0.05) is 31.2 Å². The second kappa shape index (κ2) is 6.64. The highest BCUT2D eigenvalue weighted by Crippen LogP contribution is 2.38. The van der Waals surface area contributed by atoms with E-state index >= 15 is 0 Å². The van der Waals surface area contributed by atoms with Crippen LogP contribution < -0.4 is 5.73 Å². The molecule has 1 aliphatic rings. The van der Waals surface area contributed by atoms with Crippen LogP contribution in [-0.2, 0) is 15.5 Å². The molecule has 0 radical (unpaired) electrons. The molecule has 2 rings (SSSR count). The molecule has 0 saturated heterocycles. The minimum atomic E-state index is -0.871. The molecule has 1 aromatic carbocycles. The average molecular weight is 281 g/mol. The van der Waals surface area contributed by atoms with Crippen LogP contribution in [0.2, 0.25) is 0 Å². The second-order valence-electron chi connectivity index (χ2n) is 5.26. The highest BCUT2D eigenvalue weighted by molar-refractivity contribution is 7.85. The van der Waals surface area contributed by atoms with Crippen LogP contribution in [0.25, 0.3) is 0 Å². The number of rotatable bonds is 5. The Morgan fingerprint density at radius 2 is 2.05 bits per heavy atom. The van der Waals surface area contributed by atoms with Crippen LogP contribution in [0.4, 0.5) is 0 Å². The molecular formula is C15H23NO2S. The van der Waals surface area contributed by atoms with Gasteiger partial charge in [0.05, 0.1) is 5.25 Å². The summed E-state index contributed by atoms with van der Waals surface area (Å²) in [6, 6.07) is 8.19. The molecular weight excluding hydrogens is 258 g/mol. The first-order valence-corrected chi connectivity index (χ1v) is 8.24. The fourth-order valence-electron chi connectivity index (χ4n) is 2.85. The zero-order valence-electron chi connectivity index (χ0n) is 11.7. The molecule has 0 heterocycles. The molecule has 4 atom stereocenters. The Bertz CT molecular complexity index is 450. The summed E-state index contributed by atoms with van der Waals surface area (Å²) in [7, 11) is 0.803. The lowest BCUT2D eigenvalue weighted by Gasteiger charge is -2.34. The molecule has 1 aliphatic carbocycles. The summed E-state index contributed by atoms with van der Waals surface area (Å²) < 4.78 is 17.4. The molecule has 0 amide bonds. The first kappa shape index (κ1) is 14.7. The predicted octanol–water partition coefficient (Wildman–Crippen LogP) is 2.35. The molecule has 19 heavy (non-hydrogen) atoms. The van der Waals surface area contributed by atoms with Gasteiger partial charge in [-0.15, -0.1) is 0 Å². The van der Waals surface area contributed by atoms with E-state index in [1.54, 1.807) is 7.11 Å². The molecule has 4 heteroatoms. The molecule has 2 N–H and O–H groups in total. The normalized spacial score (nSPS) is 27.8. The van der Waals surface area contributed by atoms with Gasteiger partial charge in [0.2, 0.25) is 0 Å². The highest BCUT2D eigenvalue weighted by atomic mass is 32.2. The van der Waals surface area contributed by atoms with Crippen LogP contribution in [0.5, 0.6) is 0 Å². The van der Waals surface area contributed by atoms with Crippen LogP contribution in [0, 0.1) is 0 Å². The first-order valence-electron chi connectivity index (χ1n) is 6.85. The third-order valence-corrected chi connectivity index (χ3v) is 5.76. The minimum absolute atomic E-state index is 0.0711. The van der Waals surface area contributed by atoms with Crippen molar-refractivity contribution in [3.05, 3.63) is 35.4 Å². The van der Waals surface area contributed by atoms with Gasteiger partial charge in [-0.25, -0.2) is 0 Å². The summed E-state index contributed by atoms with van der Waals surface area (Å²) in [6.07, 6.45) is 1.75. The zero-order chi connectivity index (χ0) is 13.8. The van der Waals surface area contributed by atoms with E-state index in [0.29, 0.717) is 18.3 Å². The Morgan fingerprint density at radius 3 is 2.74 bits per heavy atom. The molecule has 0 fully saturated rings. The van der Waals surface area contributed by atoms with Gasteiger partial charge in [0.1, 0.15) is 0 Å². The van der Waals surface area contributed by atoms with E-state index < -0.39 is 10.8 Å². The highest BCUT2D eigenvalue weighted by Gasteiger charge is 2.33. The Kier molecular flexibility index (Phi) is 5.13. The fourth-order valence-corrected chi connectivity index (χ4v) is 4.54. The van der Waals surface area contributed by atoms with Crippen molar-refractivity contribution in [3.63, 3.8) is 0 Å². The summed E-state index contributed by atoms with van der Waals surface area (Å²) in [5, 5.41) is 0.0711. The molecule has 0 bridgehead atoms. The topological polar surface area (TPSA) is 52.3 Å². The van der Waals surface area contributed by atoms with Gasteiger partial charge < -0.3 is 10.5 Å². The lowest BCUT2D eigenvalue weighted by atomic mass is 9.81. The van der Waals surface area contributed by atoms with Crippen molar-refractivity contribution >= 4 is 10.8 Å². The van der Waals surface area contributed by atoms with Crippen LogP contribution in [-0.4, -0.2) is 28.9 Å². The van der Waals surface area contributed by atoms with Gasteiger partial charge in [-0.3, -0.25) is 4.21 Å². The second-order valence-corrected chi connectivity index (χ2v) is 7.04. The summed E-state index contributed by atoms with van der Waals surface area (Å²) in [4.78, 5) is 0. The van der Waals surface area contributed by atoms with Crippen LogP contribution in [0.3, 0.4) is 0 Å². The summed E-state index contributed by atoms with van der Waals surface area (Å²) in [5.74, 6) is 1.12.